The Labute approximate surface area is 168 Å². The lowest BCUT2D eigenvalue weighted by Gasteiger charge is -2.32. The molecule has 1 atom stereocenters. The Morgan fingerprint density at radius 1 is 1.14 bits per heavy atom. The SMILES string of the molecule is Cc1ccc(C)c(OCC(=O)N[C@H](C)c2ccc(N3CCC(C)CC3)cc2)c1. The van der Waals surface area contributed by atoms with Gasteiger partial charge in [0.1, 0.15) is 5.75 Å². The van der Waals surface area contributed by atoms with Crippen LogP contribution >= 0.6 is 0 Å². The van der Waals surface area contributed by atoms with Crippen molar-refractivity contribution in [3.05, 3.63) is 59.2 Å². The summed E-state index contributed by atoms with van der Waals surface area (Å²) in [6, 6.07) is 14.5. The van der Waals surface area contributed by atoms with Crippen LogP contribution in [-0.4, -0.2) is 25.6 Å². The molecule has 0 radical (unpaired) electrons. The quantitative estimate of drug-likeness (QED) is 0.783. The molecule has 2 aromatic rings. The van der Waals surface area contributed by atoms with E-state index in [1.165, 1.54) is 18.5 Å². The maximum atomic E-state index is 12.3. The van der Waals surface area contributed by atoms with Crippen LogP contribution in [0.1, 0.15) is 49.4 Å². The molecule has 1 amide bonds. The van der Waals surface area contributed by atoms with Gasteiger partial charge in [-0.05, 0) is 74.4 Å². The predicted octanol–water partition coefficient (Wildman–Crippen LogP) is 4.80. The Bertz CT molecular complexity index is 793. The van der Waals surface area contributed by atoms with E-state index in [4.69, 9.17) is 4.74 Å². The molecule has 0 aromatic heterocycles. The highest BCUT2D eigenvalue weighted by Gasteiger charge is 2.16. The molecule has 1 aliphatic rings. The Balaban J connectivity index is 1.51. The summed E-state index contributed by atoms with van der Waals surface area (Å²) in [6.45, 7) is 10.6. The van der Waals surface area contributed by atoms with E-state index in [2.05, 4.69) is 41.4 Å². The Morgan fingerprint density at radius 3 is 2.50 bits per heavy atom. The summed E-state index contributed by atoms with van der Waals surface area (Å²) < 4.78 is 5.70. The molecule has 3 rings (SSSR count). The van der Waals surface area contributed by atoms with Gasteiger partial charge in [-0.15, -0.1) is 0 Å². The number of amides is 1. The molecule has 2 aromatic carbocycles. The number of benzene rings is 2. The number of rotatable bonds is 6. The zero-order valence-electron chi connectivity index (χ0n) is 17.5. The molecule has 1 fully saturated rings. The number of hydrogen-bond acceptors (Lipinski definition) is 3. The fraction of sp³-hybridized carbons (Fsp3) is 0.458. The monoisotopic (exact) mass is 380 g/mol. The van der Waals surface area contributed by atoms with Gasteiger partial charge in [0.15, 0.2) is 6.61 Å². The van der Waals surface area contributed by atoms with Crippen molar-refractivity contribution < 1.29 is 9.53 Å². The summed E-state index contributed by atoms with van der Waals surface area (Å²) in [7, 11) is 0. The van der Waals surface area contributed by atoms with E-state index >= 15 is 0 Å². The molecule has 0 saturated carbocycles. The third-order valence-electron chi connectivity index (χ3n) is 5.62. The molecule has 4 nitrogen and oxygen atoms in total. The first kappa shape index (κ1) is 20.2. The number of aryl methyl sites for hydroxylation is 2. The molecular formula is C24H32N2O2. The molecule has 1 N–H and O–H groups in total. The van der Waals surface area contributed by atoms with E-state index in [9.17, 15) is 4.79 Å². The first-order chi connectivity index (χ1) is 13.4. The largest absolute Gasteiger partial charge is 0.483 e. The molecule has 1 heterocycles. The number of carbonyl (C=O) groups is 1. The minimum atomic E-state index is -0.109. The third-order valence-corrected chi connectivity index (χ3v) is 5.62. The van der Waals surface area contributed by atoms with E-state index in [1.807, 2.05) is 39.0 Å². The fourth-order valence-electron chi connectivity index (χ4n) is 3.61. The Kier molecular flexibility index (Phi) is 6.61. The van der Waals surface area contributed by atoms with Crippen molar-refractivity contribution >= 4 is 11.6 Å². The van der Waals surface area contributed by atoms with Crippen LogP contribution < -0.4 is 15.0 Å². The summed E-state index contributed by atoms with van der Waals surface area (Å²) in [4.78, 5) is 14.7. The number of ether oxygens (including phenoxy) is 1. The van der Waals surface area contributed by atoms with Gasteiger partial charge in [0, 0.05) is 18.8 Å². The second kappa shape index (κ2) is 9.13. The van der Waals surface area contributed by atoms with Gasteiger partial charge in [-0.2, -0.15) is 0 Å². The average molecular weight is 381 g/mol. The van der Waals surface area contributed by atoms with Crippen LogP contribution in [0.15, 0.2) is 42.5 Å². The number of nitrogens with zero attached hydrogens (tertiary/aromatic N) is 1. The van der Waals surface area contributed by atoms with Crippen LogP contribution in [0.25, 0.3) is 0 Å². The van der Waals surface area contributed by atoms with Crippen molar-refractivity contribution in [3.63, 3.8) is 0 Å². The molecule has 0 spiro atoms. The summed E-state index contributed by atoms with van der Waals surface area (Å²) >= 11 is 0. The van der Waals surface area contributed by atoms with Gasteiger partial charge in [-0.25, -0.2) is 0 Å². The maximum absolute atomic E-state index is 12.3. The van der Waals surface area contributed by atoms with Crippen LogP contribution in [0.2, 0.25) is 0 Å². The van der Waals surface area contributed by atoms with E-state index in [-0.39, 0.29) is 18.6 Å². The smallest absolute Gasteiger partial charge is 0.258 e. The van der Waals surface area contributed by atoms with Gasteiger partial charge < -0.3 is 15.0 Å². The fourth-order valence-corrected chi connectivity index (χ4v) is 3.61. The highest BCUT2D eigenvalue weighted by Crippen LogP contribution is 2.24. The van der Waals surface area contributed by atoms with E-state index in [1.54, 1.807) is 0 Å². The lowest BCUT2D eigenvalue weighted by molar-refractivity contribution is -0.123. The molecule has 4 heteroatoms. The van der Waals surface area contributed by atoms with Crippen molar-refractivity contribution in [2.24, 2.45) is 5.92 Å². The average Bonchev–Trinajstić information content (AvgIpc) is 2.69. The lowest BCUT2D eigenvalue weighted by Crippen LogP contribution is -2.33. The maximum Gasteiger partial charge on any atom is 0.258 e. The van der Waals surface area contributed by atoms with Crippen molar-refractivity contribution in [2.45, 2.75) is 46.6 Å². The number of anilines is 1. The van der Waals surface area contributed by atoms with Gasteiger partial charge >= 0.3 is 0 Å². The molecule has 0 unspecified atom stereocenters. The standard InChI is InChI=1S/C24H32N2O2/c1-17-11-13-26(14-12-17)22-9-7-21(8-10-22)20(4)25-24(27)16-28-23-15-18(2)5-6-19(23)3/h5-10,15,17,20H,11-14,16H2,1-4H3,(H,25,27)/t20-/m1/s1. The molecule has 0 aliphatic carbocycles. The van der Waals surface area contributed by atoms with Crippen LogP contribution in [0.4, 0.5) is 5.69 Å². The van der Waals surface area contributed by atoms with E-state index in [0.717, 1.165) is 41.4 Å². The first-order valence-electron chi connectivity index (χ1n) is 10.3. The highest BCUT2D eigenvalue weighted by molar-refractivity contribution is 5.78. The van der Waals surface area contributed by atoms with Gasteiger partial charge in [0.25, 0.3) is 5.91 Å². The van der Waals surface area contributed by atoms with Crippen molar-refractivity contribution in [3.8, 4) is 5.75 Å². The van der Waals surface area contributed by atoms with Crippen LogP contribution in [0.3, 0.4) is 0 Å². The van der Waals surface area contributed by atoms with Gasteiger partial charge in [-0.3, -0.25) is 4.79 Å². The normalized spacial score (nSPS) is 15.9. The predicted molar refractivity (Wildman–Crippen MR) is 115 cm³/mol. The molecular weight excluding hydrogens is 348 g/mol. The van der Waals surface area contributed by atoms with Crippen LogP contribution in [0.5, 0.6) is 5.75 Å². The zero-order valence-corrected chi connectivity index (χ0v) is 17.5. The summed E-state index contributed by atoms with van der Waals surface area (Å²) in [5.41, 5.74) is 4.54. The van der Waals surface area contributed by atoms with Crippen molar-refractivity contribution in [1.29, 1.82) is 0 Å². The van der Waals surface area contributed by atoms with Crippen molar-refractivity contribution in [2.75, 3.05) is 24.6 Å². The van der Waals surface area contributed by atoms with Gasteiger partial charge in [0.05, 0.1) is 6.04 Å². The Morgan fingerprint density at radius 2 is 1.82 bits per heavy atom. The molecule has 1 aliphatic heterocycles. The van der Waals surface area contributed by atoms with Gasteiger partial charge in [-0.1, -0.05) is 31.2 Å². The summed E-state index contributed by atoms with van der Waals surface area (Å²) in [6.07, 6.45) is 2.52. The third kappa shape index (κ3) is 5.28. The minimum absolute atomic E-state index is 0.0265. The zero-order chi connectivity index (χ0) is 20.1. The minimum Gasteiger partial charge on any atom is -0.483 e. The Hall–Kier alpha value is -2.49. The van der Waals surface area contributed by atoms with Crippen molar-refractivity contribution in [1.82, 2.24) is 5.32 Å². The van der Waals surface area contributed by atoms with Crippen LogP contribution in [-0.2, 0) is 4.79 Å². The second-order valence-electron chi connectivity index (χ2n) is 8.11. The number of nitrogens with one attached hydrogen (secondary N) is 1. The highest BCUT2D eigenvalue weighted by atomic mass is 16.5. The van der Waals surface area contributed by atoms with Gasteiger partial charge in [0.2, 0.25) is 0 Å². The van der Waals surface area contributed by atoms with Crippen LogP contribution in [0, 0.1) is 19.8 Å². The van der Waals surface area contributed by atoms with E-state index in [0.29, 0.717) is 0 Å². The molecule has 1 saturated heterocycles. The summed E-state index contributed by atoms with van der Waals surface area (Å²) in [5.74, 6) is 1.49. The number of hydrogen-bond donors (Lipinski definition) is 1. The number of carbonyl (C=O) groups excluding carboxylic acids is 1. The topological polar surface area (TPSA) is 41.6 Å². The van der Waals surface area contributed by atoms with E-state index < -0.39 is 0 Å². The molecule has 150 valence electrons. The first-order valence-corrected chi connectivity index (χ1v) is 10.3. The summed E-state index contributed by atoms with van der Waals surface area (Å²) in [5, 5.41) is 3.03. The second-order valence-corrected chi connectivity index (χ2v) is 8.11. The lowest BCUT2D eigenvalue weighted by atomic mass is 9.98. The molecule has 0 bridgehead atoms. The number of piperidine rings is 1. The molecule has 28 heavy (non-hydrogen) atoms.